The lowest BCUT2D eigenvalue weighted by atomic mass is 9.80. The largest absolute Gasteiger partial charge is 0.489 e. The third kappa shape index (κ3) is 5.34. The first-order chi connectivity index (χ1) is 13.6. The van der Waals surface area contributed by atoms with Gasteiger partial charge in [0, 0.05) is 18.4 Å². The molecule has 0 radical (unpaired) electrons. The van der Waals surface area contributed by atoms with Gasteiger partial charge in [-0.2, -0.15) is 0 Å². The molecular weight excluding hydrogens is 415 g/mol. The van der Waals surface area contributed by atoms with Crippen LogP contribution in [0.5, 0.6) is 5.75 Å². The van der Waals surface area contributed by atoms with Crippen molar-refractivity contribution in [1.29, 1.82) is 0 Å². The van der Waals surface area contributed by atoms with Gasteiger partial charge in [0.15, 0.2) is 0 Å². The lowest BCUT2D eigenvalue weighted by Crippen LogP contribution is -2.36. The second-order valence-corrected chi connectivity index (χ2v) is 7.95. The van der Waals surface area contributed by atoms with E-state index in [-0.39, 0.29) is 24.8 Å². The Hall–Kier alpha value is -2.07. The molecule has 0 saturated heterocycles. The Bertz CT molecular complexity index is 930. The van der Waals surface area contributed by atoms with Crippen molar-refractivity contribution < 1.29 is 4.74 Å². The number of benzene rings is 2. The van der Waals surface area contributed by atoms with Crippen LogP contribution in [0.1, 0.15) is 36.0 Å². The number of hydrogen-bond acceptors (Lipinski definition) is 3. The molecule has 160 valence electrons. The van der Waals surface area contributed by atoms with Crippen molar-refractivity contribution in [3.63, 3.8) is 0 Å². The lowest BCUT2D eigenvalue weighted by molar-refractivity contribution is 0.236. The SMILES string of the molecule is CC1c2ccc(OCc3ccc(-c4cccnc4)cc3)cc2CCC1N(C)C.Cl.Cl. The molecule has 2 atom stereocenters. The third-order valence-corrected chi connectivity index (χ3v) is 5.91. The van der Waals surface area contributed by atoms with Crippen molar-refractivity contribution in [2.24, 2.45) is 0 Å². The van der Waals surface area contributed by atoms with Gasteiger partial charge in [-0.05, 0) is 78.9 Å². The number of pyridine rings is 1. The van der Waals surface area contributed by atoms with Gasteiger partial charge in [-0.3, -0.25) is 4.98 Å². The van der Waals surface area contributed by atoms with Crippen molar-refractivity contribution in [1.82, 2.24) is 9.88 Å². The lowest BCUT2D eigenvalue weighted by Gasteiger charge is -2.35. The molecule has 1 aliphatic rings. The summed E-state index contributed by atoms with van der Waals surface area (Å²) >= 11 is 0. The van der Waals surface area contributed by atoms with Crippen LogP contribution in [0.15, 0.2) is 67.0 Å². The van der Waals surface area contributed by atoms with Crippen molar-refractivity contribution >= 4 is 24.8 Å². The van der Waals surface area contributed by atoms with E-state index in [1.165, 1.54) is 28.7 Å². The predicted octanol–water partition coefficient (Wildman–Crippen LogP) is 6.15. The molecule has 0 saturated carbocycles. The minimum atomic E-state index is 0. The van der Waals surface area contributed by atoms with Gasteiger partial charge >= 0.3 is 0 Å². The second-order valence-electron chi connectivity index (χ2n) is 7.95. The molecule has 5 heteroatoms. The minimum Gasteiger partial charge on any atom is -0.489 e. The average Bonchev–Trinajstić information content (AvgIpc) is 2.73. The number of halogens is 2. The highest BCUT2D eigenvalue weighted by molar-refractivity contribution is 5.85. The topological polar surface area (TPSA) is 25.4 Å². The normalized spacial score (nSPS) is 17.5. The summed E-state index contributed by atoms with van der Waals surface area (Å²) in [6.07, 6.45) is 6.02. The molecule has 0 spiro atoms. The fraction of sp³-hybridized carbons (Fsp3) is 0.320. The van der Waals surface area contributed by atoms with E-state index in [9.17, 15) is 0 Å². The van der Waals surface area contributed by atoms with Crippen LogP contribution in [0.25, 0.3) is 11.1 Å². The van der Waals surface area contributed by atoms with Gasteiger partial charge < -0.3 is 9.64 Å². The van der Waals surface area contributed by atoms with Gasteiger partial charge in [-0.25, -0.2) is 0 Å². The number of nitrogens with zero attached hydrogens (tertiary/aromatic N) is 2. The zero-order valence-corrected chi connectivity index (χ0v) is 19.4. The molecule has 4 rings (SSSR count). The molecular formula is C25H30Cl2N2O. The summed E-state index contributed by atoms with van der Waals surface area (Å²) in [7, 11) is 4.37. The van der Waals surface area contributed by atoms with Crippen molar-refractivity contribution in [3.8, 4) is 16.9 Å². The molecule has 1 aromatic heterocycles. The average molecular weight is 445 g/mol. The highest BCUT2D eigenvalue weighted by atomic mass is 35.5. The highest BCUT2D eigenvalue weighted by Gasteiger charge is 2.27. The smallest absolute Gasteiger partial charge is 0.120 e. The molecule has 0 N–H and O–H groups in total. The molecule has 2 unspecified atom stereocenters. The number of aromatic nitrogens is 1. The van der Waals surface area contributed by atoms with Crippen LogP contribution in [0.3, 0.4) is 0 Å². The monoisotopic (exact) mass is 444 g/mol. The summed E-state index contributed by atoms with van der Waals surface area (Å²) in [6, 6.07) is 19.8. The van der Waals surface area contributed by atoms with Gasteiger partial charge in [0.1, 0.15) is 12.4 Å². The molecule has 3 aromatic rings. The number of aryl methyl sites for hydroxylation is 1. The van der Waals surface area contributed by atoms with E-state index in [1.807, 2.05) is 12.3 Å². The standard InChI is InChI=1S/C25H28N2O.2ClH/c1-18-24-12-11-23(15-21(24)10-13-25(18)27(2)3)28-17-19-6-8-20(9-7-19)22-5-4-14-26-16-22;;/h4-9,11-12,14-16,18,25H,10,13,17H2,1-3H3;2*1H. The Labute approximate surface area is 192 Å². The van der Waals surface area contributed by atoms with Crippen LogP contribution in [0.2, 0.25) is 0 Å². The van der Waals surface area contributed by atoms with Crippen LogP contribution < -0.4 is 4.74 Å². The van der Waals surface area contributed by atoms with Crippen LogP contribution in [0.4, 0.5) is 0 Å². The molecule has 0 aliphatic heterocycles. The molecule has 1 aliphatic carbocycles. The van der Waals surface area contributed by atoms with Crippen LogP contribution in [-0.4, -0.2) is 30.0 Å². The summed E-state index contributed by atoms with van der Waals surface area (Å²) in [6.45, 7) is 2.93. The summed E-state index contributed by atoms with van der Waals surface area (Å²) < 4.78 is 6.09. The van der Waals surface area contributed by atoms with E-state index in [0.717, 1.165) is 17.7 Å². The zero-order valence-electron chi connectivity index (χ0n) is 17.7. The predicted molar refractivity (Wildman–Crippen MR) is 129 cm³/mol. The maximum Gasteiger partial charge on any atom is 0.120 e. The number of fused-ring (bicyclic) bond motifs is 1. The van der Waals surface area contributed by atoms with Gasteiger partial charge in [0.2, 0.25) is 0 Å². The minimum absolute atomic E-state index is 0. The highest BCUT2D eigenvalue weighted by Crippen LogP contribution is 2.35. The van der Waals surface area contributed by atoms with Gasteiger partial charge in [-0.1, -0.05) is 43.3 Å². The van der Waals surface area contributed by atoms with E-state index in [4.69, 9.17) is 4.74 Å². The van der Waals surface area contributed by atoms with Gasteiger partial charge in [0.25, 0.3) is 0 Å². The van der Waals surface area contributed by atoms with E-state index >= 15 is 0 Å². The molecule has 1 heterocycles. The molecule has 0 fully saturated rings. The van der Waals surface area contributed by atoms with Gasteiger partial charge in [-0.15, -0.1) is 24.8 Å². The Kier molecular flexibility index (Phi) is 8.72. The molecule has 3 nitrogen and oxygen atoms in total. The molecule has 30 heavy (non-hydrogen) atoms. The first-order valence-corrected chi connectivity index (χ1v) is 10.0. The summed E-state index contributed by atoms with van der Waals surface area (Å²) in [5, 5.41) is 0. The maximum atomic E-state index is 6.09. The Morgan fingerprint density at radius 3 is 2.43 bits per heavy atom. The fourth-order valence-corrected chi connectivity index (χ4v) is 4.29. The second kappa shape index (κ2) is 10.8. The van der Waals surface area contributed by atoms with Crippen molar-refractivity contribution in [2.45, 2.75) is 38.3 Å². The van der Waals surface area contributed by atoms with E-state index < -0.39 is 0 Å². The van der Waals surface area contributed by atoms with Crippen molar-refractivity contribution in [2.75, 3.05) is 14.1 Å². The zero-order chi connectivity index (χ0) is 19.5. The van der Waals surface area contributed by atoms with Crippen LogP contribution in [0, 0.1) is 0 Å². The molecule has 2 aromatic carbocycles. The molecule has 0 amide bonds. The van der Waals surface area contributed by atoms with Gasteiger partial charge in [0.05, 0.1) is 0 Å². The first kappa shape index (κ1) is 24.2. The number of hydrogen-bond donors (Lipinski definition) is 0. The van der Waals surface area contributed by atoms with Crippen LogP contribution in [-0.2, 0) is 13.0 Å². The van der Waals surface area contributed by atoms with Crippen LogP contribution >= 0.6 is 24.8 Å². The summed E-state index contributed by atoms with van der Waals surface area (Å²) in [5.74, 6) is 1.53. The van der Waals surface area contributed by atoms with Crippen molar-refractivity contribution in [3.05, 3.63) is 83.7 Å². The third-order valence-electron chi connectivity index (χ3n) is 5.91. The Balaban J connectivity index is 0.00000160. The van der Waals surface area contributed by atoms with E-state index in [2.05, 4.69) is 79.4 Å². The molecule has 0 bridgehead atoms. The fourth-order valence-electron chi connectivity index (χ4n) is 4.29. The quantitative estimate of drug-likeness (QED) is 0.471. The number of likely N-dealkylation sites (N-methyl/N-ethyl adjacent to an activating group) is 1. The first-order valence-electron chi connectivity index (χ1n) is 10.0. The number of ether oxygens (including phenoxy) is 1. The van der Waals surface area contributed by atoms with E-state index in [1.54, 1.807) is 6.20 Å². The summed E-state index contributed by atoms with van der Waals surface area (Å²) in [4.78, 5) is 6.54. The maximum absolute atomic E-state index is 6.09. The van der Waals surface area contributed by atoms with E-state index in [0.29, 0.717) is 18.6 Å². The Morgan fingerprint density at radius 2 is 1.77 bits per heavy atom. The Morgan fingerprint density at radius 1 is 1.00 bits per heavy atom. The summed E-state index contributed by atoms with van der Waals surface area (Å²) in [5.41, 5.74) is 6.39. The number of rotatable bonds is 5.